The fourth-order valence-electron chi connectivity index (χ4n) is 3.40. The Labute approximate surface area is 179 Å². The number of carbonyl (C=O) groups excluding carboxylic acids is 3. The third kappa shape index (κ3) is 4.25. The molecule has 1 atom stereocenters. The van der Waals surface area contributed by atoms with Gasteiger partial charge >= 0.3 is 5.97 Å². The van der Waals surface area contributed by atoms with E-state index in [4.69, 9.17) is 9.47 Å². The number of benzene rings is 3. The zero-order valence-electron chi connectivity index (χ0n) is 16.8. The number of amides is 2. The van der Waals surface area contributed by atoms with Crippen LogP contribution in [0, 0.1) is 0 Å². The second-order valence-corrected chi connectivity index (χ2v) is 6.93. The maximum atomic E-state index is 13.3. The van der Waals surface area contributed by atoms with E-state index >= 15 is 0 Å². The summed E-state index contributed by atoms with van der Waals surface area (Å²) >= 11 is 0. The lowest BCUT2D eigenvalue weighted by Gasteiger charge is -2.35. The van der Waals surface area contributed by atoms with E-state index in [0.29, 0.717) is 22.7 Å². The van der Waals surface area contributed by atoms with Crippen LogP contribution in [0.2, 0.25) is 0 Å². The van der Waals surface area contributed by atoms with Crippen LogP contribution in [0.4, 0.5) is 11.4 Å². The molecule has 156 valence electrons. The number of methoxy groups -OCH3 is 1. The van der Waals surface area contributed by atoms with Gasteiger partial charge in [0, 0.05) is 11.3 Å². The molecule has 7 nitrogen and oxygen atoms in total. The van der Waals surface area contributed by atoms with Crippen molar-refractivity contribution in [2.45, 2.75) is 12.5 Å². The molecule has 0 aliphatic carbocycles. The van der Waals surface area contributed by atoms with Crippen LogP contribution in [0.3, 0.4) is 0 Å². The fourth-order valence-corrected chi connectivity index (χ4v) is 3.40. The van der Waals surface area contributed by atoms with E-state index in [0.717, 1.165) is 0 Å². The third-order valence-electron chi connectivity index (χ3n) is 4.91. The highest BCUT2D eigenvalue weighted by Gasteiger charge is 2.40. The molecular formula is C24H20N2O5. The van der Waals surface area contributed by atoms with E-state index in [1.807, 2.05) is 0 Å². The quantitative estimate of drug-likeness (QED) is 0.507. The lowest BCUT2D eigenvalue weighted by atomic mass is 10.0. The van der Waals surface area contributed by atoms with Gasteiger partial charge in [0.1, 0.15) is 11.8 Å². The molecule has 3 aromatic rings. The Morgan fingerprint density at radius 1 is 0.968 bits per heavy atom. The number of rotatable bonds is 5. The largest absolute Gasteiger partial charge is 0.497 e. The van der Waals surface area contributed by atoms with Gasteiger partial charge in [0.25, 0.3) is 5.91 Å². The summed E-state index contributed by atoms with van der Waals surface area (Å²) in [4.78, 5) is 40.1. The standard InChI is InChI=1S/C24H20N2O5/c1-30-18-13-11-17(12-14-18)25-22(27)15-20-24(29)31-21-10-6-5-9-19(21)26(20)23(28)16-7-3-2-4-8-16/h2-14,20H,15H2,1H3,(H,25,27)/t20-/m0/s1. The van der Waals surface area contributed by atoms with Crippen molar-refractivity contribution in [3.05, 3.63) is 84.4 Å². The Morgan fingerprint density at radius 2 is 1.65 bits per heavy atom. The maximum absolute atomic E-state index is 13.3. The number of ether oxygens (including phenoxy) is 2. The Kier molecular flexibility index (Phi) is 5.66. The van der Waals surface area contributed by atoms with Gasteiger partial charge < -0.3 is 14.8 Å². The van der Waals surface area contributed by atoms with Crippen molar-refractivity contribution in [1.82, 2.24) is 0 Å². The maximum Gasteiger partial charge on any atom is 0.335 e. The number of anilines is 2. The summed E-state index contributed by atoms with van der Waals surface area (Å²) in [5.74, 6) is -0.522. The minimum Gasteiger partial charge on any atom is -0.497 e. The van der Waals surface area contributed by atoms with Crippen molar-refractivity contribution in [3.8, 4) is 11.5 Å². The Hall–Kier alpha value is -4.13. The molecule has 0 saturated heterocycles. The predicted octanol–water partition coefficient (Wildman–Crippen LogP) is 3.66. The molecule has 0 saturated carbocycles. The summed E-state index contributed by atoms with van der Waals surface area (Å²) in [6.07, 6.45) is -0.252. The molecule has 0 fully saturated rings. The lowest BCUT2D eigenvalue weighted by Crippen LogP contribution is -2.51. The highest BCUT2D eigenvalue weighted by molar-refractivity contribution is 6.12. The molecule has 0 unspecified atom stereocenters. The normalized spacial score (nSPS) is 14.9. The van der Waals surface area contributed by atoms with Crippen molar-refractivity contribution < 1.29 is 23.9 Å². The molecule has 0 bridgehead atoms. The highest BCUT2D eigenvalue weighted by Crippen LogP contribution is 2.36. The second kappa shape index (κ2) is 8.71. The molecule has 1 heterocycles. The number of carbonyl (C=O) groups is 3. The molecule has 0 radical (unpaired) electrons. The Bertz CT molecular complexity index is 1110. The van der Waals surface area contributed by atoms with E-state index in [1.54, 1.807) is 86.0 Å². The van der Waals surface area contributed by atoms with Gasteiger partial charge in [-0.2, -0.15) is 0 Å². The van der Waals surface area contributed by atoms with Gasteiger partial charge in [0.2, 0.25) is 5.91 Å². The van der Waals surface area contributed by atoms with Crippen LogP contribution in [-0.4, -0.2) is 30.9 Å². The average molecular weight is 416 g/mol. The van der Waals surface area contributed by atoms with Gasteiger partial charge in [0.15, 0.2) is 5.75 Å². The first-order valence-corrected chi connectivity index (χ1v) is 9.70. The van der Waals surface area contributed by atoms with Crippen LogP contribution in [0.15, 0.2) is 78.9 Å². The second-order valence-electron chi connectivity index (χ2n) is 6.93. The number of para-hydroxylation sites is 2. The van der Waals surface area contributed by atoms with E-state index in [2.05, 4.69) is 5.32 Å². The molecule has 1 N–H and O–H groups in total. The Balaban J connectivity index is 1.61. The van der Waals surface area contributed by atoms with Crippen LogP contribution >= 0.6 is 0 Å². The molecule has 1 aliphatic heterocycles. The summed E-state index contributed by atoms with van der Waals surface area (Å²) in [6.45, 7) is 0. The van der Waals surface area contributed by atoms with Gasteiger partial charge in [-0.1, -0.05) is 30.3 Å². The van der Waals surface area contributed by atoms with Crippen LogP contribution in [0.1, 0.15) is 16.8 Å². The fraction of sp³-hybridized carbons (Fsp3) is 0.125. The van der Waals surface area contributed by atoms with Crippen LogP contribution < -0.4 is 19.7 Å². The first-order chi connectivity index (χ1) is 15.1. The molecule has 31 heavy (non-hydrogen) atoms. The van der Waals surface area contributed by atoms with Gasteiger partial charge in [0.05, 0.1) is 19.2 Å². The number of nitrogens with zero attached hydrogens (tertiary/aromatic N) is 1. The number of fused-ring (bicyclic) bond motifs is 1. The van der Waals surface area contributed by atoms with Crippen LogP contribution in [-0.2, 0) is 9.59 Å². The summed E-state index contributed by atoms with van der Waals surface area (Å²) < 4.78 is 10.5. The zero-order valence-corrected chi connectivity index (χ0v) is 16.8. The monoisotopic (exact) mass is 416 g/mol. The minimum atomic E-state index is -1.10. The van der Waals surface area contributed by atoms with Gasteiger partial charge in [-0.3, -0.25) is 14.5 Å². The van der Waals surface area contributed by atoms with E-state index in [-0.39, 0.29) is 18.1 Å². The van der Waals surface area contributed by atoms with E-state index in [1.165, 1.54) is 4.90 Å². The lowest BCUT2D eigenvalue weighted by molar-refractivity contribution is -0.138. The molecular weight excluding hydrogens is 396 g/mol. The van der Waals surface area contributed by atoms with Crippen molar-refractivity contribution in [2.24, 2.45) is 0 Å². The third-order valence-corrected chi connectivity index (χ3v) is 4.91. The van der Waals surface area contributed by atoms with Crippen molar-refractivity contribution in [3.63, 3.8) is 0 Å². The van der Waals surface area contributed by atoms with Crippen molar-refractivity contribution in [1.29, 1.82) is 0 Å². The molecule has 1 aliphatic rings. The number of esters is 1. The van der Waals surface area contributed by atoms with Gasteiger partial charge in [-0.05, 0) is 48.5 Å². The summed E-state index contributed by atoms with van der Waals surface area (Å²) in [5.41, 5.74) is 1.40. The highest BCUT2D eigenvalue weighted by atomic mass is 16.5. The Morgan fingerprint density at radius 3 is 2.35 bits per heavy atom. The molecule has 0 aromatic heterocycles. The summed E-state index contributed by atoms with van der Waals surface area (Å²) in [6, 6.07) is 21.1. The predicted molar refractivity (Wildman–Crippen MR) is 115 cm³/mol. The van der Waals surface area contributed by atoms with Gasteiger partial charge in [-0.15, -0.1) is 0 Å². The first kappa shape index (κ1) is 20.2. The summed E-state index contributed by atoms with van der Waals surface area (Å²) in [5, 5.41) is 2.74. The molecule has 3 aromatic carbocycles. The van der Waals surface area contributed by atoms with E-state index < -0.39 is 17.9 Å². The zero-order chi connectivity index (χ0) is 21.8. The molecule has 0 spiro atoms. The number of nitrogens with one attached hydrogen (secondary N) is 1. The number of hydrogen-bond acceptors (Lipinski definition) is 5. The van der Waals surface area contributed by atoms with Crippen LogP contribution in [0.25, 0.3) is 0 Å². The number of hydrogen-bond donors (Lipinski definition) is 1. The van der Waals surface area contributed by atoms with E-state index in [9.17, 15) is 14.4 Å². The van der Waals surface area contributed by atoms with Gasteiger partial charge in [-0.25, -0.2) is 4.79 Å². The SMILES string of the molecule is COc1ccc(NC(=O)C[C@H]2C(=O)Oc3ccccc3N2C(=O)c2ccccc2)cc1. The minimum absolute atomic E-state index is 0.252. The molecule has 7 heteroatoms. The molecule has 4 rings (SSSR count). The molecule has 2 amide bonds. The topological polar surface area (TPSA) is 84.9 Å². The smallest absolute Gasteiger partial charge is 0.335 e. The van der Waals surface area contributed by atoms with Crippen molar-refractivity contribution in [2.75, 3.05) is 17.3 Å². The summed E-state index contributed by atoms with van der Waals surface area (Å²) in [7, 11) is 1.55. The average Bonchev–Trinajstić information content (AvgIpc) is 2.80. The first-order valence-electron chi connectivity index (χ1n) is 9.70. The van der Waals surface area contributed by atoms with Crippen molar-refractivity contribution >= 4 is 29.2 Å². The van der Waals surface area contributed by atoms with Crippen LogP contribution in [0.5, 0.6) is 11.5 Å².